The third-order valence-corrected chi connectivity index (χ3v) is 8.38. The van der Waals surface area contributed by atoms with E-state index in [2.05, 4.69) is 5.32 Å². The fraction of sp³-hybridized carbons (Fsp3) is 0.333. The van der Waals surface area contributed by atoms with Crippen LogP contribution in [0, 0.1) is 6.92 Å². The van der Waals surface area contributed by atoms with Gasteiger partial charge in [0.1, 0.15) is 18.3 Å². The SMILES string of the molecule is CC[C@H](C)NC(=O)[C@H](C)N(Cc1cccc(OC)c1)C(=O)CN(c1ccccc1)S(=O)(=O)c1ccc(C)cc1. The van der Waals surface area contributed by atoms with Crippen molar-refractivity contribution >= 4 is 27.5 Å². The van der Waals surface area contributed by atoms with Gasteiger partial charge in [-0.3, -0.25) is 13.9 Å². The lowest BCUT2D eigenvalue weighted by atomic mass is 10.1. The van der Waals surface area contributed by atoms with Crippen molar-refractivity contribution in [1.82, 2.24) is 10.2 Å². The quantitative estimate of drug-likeness (QED) is 0.357. The van der Waals surface area contributed by atoms with Crippen molar-refractivity contribution in [3.8, 4) is 5.75 Å². The molecule has 0 heterocycles. The molecular weight excluding hydrogens is 514 g/mol. The number of hydrogen-bond donors (Lipinski definition) is 1. The fourth-order valence-electron chi connectivity index (χ4n) is 3.98. The Morgan fingerprint density at radius 1 is 0.949 bits per heavy atom. The number of anilines is 1. The molecule has 0 aliphatic carbocycles. The first kappa shape index (κ1) is 29.7. The van der Waals surface area contributed by atoms with Crippen molar-refractivity contribution in [3.63, 3.8) is 0 Å². The van der Waals surface area contributed by atoms with Crippen LogP contribution in [0.25, 0.3) is 0 Å². The summed E-state index contributed by atoms with van der Waals surface area (Å²) in [5.41, 5.74) is 2.02. The number of carbonyl (C=O) groups is 2. The molecule has 0 aliphatic rings. The maximum atomic E-state index is 13.9. The first-order valence-corrected chi connectivity index (χ1v) is 14.4. The highest BCUT2D eigenvalue weighted by Crippen LogP contribution is 2.25. The molecule has 0 aliphatic heterocycles. The van der Waals surface area contributed by atoms with Crippen molar-refractivity contribution in [1.29, 1.82) is 0 Å². The van der Waals surface area contributed by atoms with E-state index in [9.17, 15) is 18.0 Å². The molecule has 0 aromatic heterocycles. The van der Waals surface area contributed by atoms with Crippen molar-refractivity contribution in [2.24, 2.45) is 0 Å². The molecule has 39 heavy (non-hydrogen) atoms. The number of aryl methyl sites for hydroxylation is 1. The molecule has 0 bridgehead atoms. The van der Waals surface area contributed by atoms with Gasteiger partial charge in [-0.1, -0.05) is 55.0 Å². The van der Waals surface area contributed by atoms with Crippen LogP contribution in [-0.2, 0) is 26.2 Å². The third-order valence-electron chi connectivity index (χ3n) is 6.59. The number of sulfonamides is 1. The number of hydrogen-bond acceptors (Lipinski definition) is 5. The van der Waals surface area contributed by atoms with Gasteiger partial charge in [-0.05, 0) is 69.2 Å². The zero-order valence-corrected chi connectivity index (χ0v) is 23.9. The summed E-state index contributed by atoms with van der Waals surface area (Å²) in [6, 6.07) is 21.3. The number of para-hydroxylation sites is 1. The molecule has 3 aromatic rings. The van der Waals surface area contributed by atoms with Crippen LogP contribution in [0.2, 0.25) is 0 Å². The molecule has 0 radical (unpaired) electrons. The second kappa shape index (κ2) is 13.3. The summed E-state index contributed by atoms with van der Waals surface area (Å²) in [5.74, 6) is -0.207. The van der Waals surface area contributed by atoms with Gasteiger partial charge in [0, 0.05) is 12.6 Å². The van der Waals surface area contributed by atoms with E-state index >= 15 is 0 Å². The van der Waals surface area contributed by atoms with E-state index < -0.39 is 28.5 Å². The molecule has 2 amide bonds. The summed E-state index contributed by atoms with van der Waals surface area (Å²) in [4.78, 5) is 28.5. The van der Waals surface area contributed by atoms with Crippen LogP contribution < -0.4 is 14.4 Å². The number of amides is 2. The highest BCUT2D eigenvalue weighted by atomic mass is 32.2. The van der Waals surface area contributed by atoms with E-state index in [4.69, 9.17) is 4.74 Å². The number of carbonyl (C=O) groups excluding carboxylic acids is 2. The second-order valence-electron chi connectivity index (χ2n) is 9.53. The van der Waals surface area contributed by atoms with E-state index in [1.165, 1.54) is 17.0 Å². The molecule has 1 N–H and O–H groups in total. The van der Waals surface area contributed by atoms with E-state index in [1.54, 1.807) is 74.7 Å². The molecule has 0 saturated carbocycles. The number of ether oxygens (including phenoxy) is 1. The Morgan fingerprint density at radius 2 is 1.62 bits per heavy atom. The Bertz CT molecular complexity index is 1360. The van der Waals surface area contributed by atoms with Gasteiger partial charge in [-0.2, -0.15) is 0 Å². The third kappa shape index (κ3) is 7.60. The second-order valence-corrected chi connectivity index (χ2v) is 11.4. The predicted octanol–water partition coefficient (Wildman–Crippen LogP) is 4.53. The molecule has 208 valence electrons. The lowest BCUT2D eigenvalue weighted by Gasteiger charge is -2.32. The lowest BCUT2D eigenvalue weighted by molar-refractivity contribution is -0.139. The molecule has 0 spiro atoms. The topological polar surface area (TPSA) is 96.0 Å². The number of nitrogens with one attached hydrogen (secondary N) is 1. The van der Waals surface area contributed by atoms with E-state index in [1.807, 2.05) is 26.8 Å². The molecule has 9 heteroatoms. The Morgan fingerprint density at radius 3 is 2.23 bits per heavy atom. The summed E-state index contributed by atoms with van der Waals surface area (Å²) in [7, 11) is -2.53. The van der Waals surface area contributed by atoms with Gasteiger partial charge in [0.15, 0.2) is 0 Å². The van der Waals surface area contributed by atoms with Gasteiger partial charge in [0.2, 0.25) is 11.8 Å². The monoisotopic (exact) mass is 551 g/mol. The van der Waals surface area contributed by atoms with Gasteiger partial charge in [0.25, 0.3) is 10.0 Å². The van der Waals surface area contributed by atoms with Crippen LogP contribution in [0.4, 0.5) is 5.69 Å². The normalized spacial score (nSPS) is 12.7. The van der Waals surface area contributed by atoms with Gasteiger partial charge >= 0.3 is 0 Å². The zero-order valence-electron chi connectivity index (χ0n) is 23.1. The molecule has 0 fully saturated rings. The maximum absolute atomic E-state index is 13.9. The summed E-state index contributed by atoms with van der Waals surface area (Å²) >= 11 is 0. The number of nitrogens with zero attached hydrogens (tertiary/aromatic N) is 2. The largest absolute Gasteiger partial charge is 0.497 e. The summed E-state index contributed by atoms with van der Waals surface area (Å²) < 4.78 is 34.0. The van der Waals surface area contributed by atoms with Crippen LogP contribution in [-0.4, -0.2) is 50.9 Å². The van der Waals surface area contributed by atoms with Crippen molar-refractivity contribution in [3.05, 3.63) is 90.0 Å². The molecule has 2 atom stereocenters. The fourth-order valence-corrected chi connectivity index (χ4v) is 5.39. The van der Waals surface area contributed by atoms with Gasteiger partial charge in [-0.25, -0.2) is 8.42 Å². The molecule has 0 saturated heterocycles. The van der Waals surface area contributed by atoms with Crippen LogP contribution >= 0.6 is 0 Å². The summed E-state index contributed by atoms with van der Waals surface area (Å²) in [6.45, 7) is 6.99. The Balaban J connectivity index is 2.00. The van der Waals surface area contributed by atoms with Crippen LogP contribution in [0.5, 0.6) is 5.75 Å². The van der Waals surface area contributed by atoms with Crippen LogP contribution in [0.3, 0.4) is 0 Å². The van der Waals surface area contributed by atoms with Gasteiger partial charge in [-0.15, -0.1) is 0 Å². The Labute approximate surface area is 231 Å². The first-order chi connectivity index (χ1) is 18.6. The van der Waals surface area contributed by atoms with Gasteiger partial charge < -0.3 is 15.0 Å². The average Bonchev–Trinajstić information content (AvgIpc) is 2.94. The average molecular weight is 552 g/mol. The van der Waals surface area contributed by atoms with E-state index in [0.717, 1.165) is 21.9 Å². The standard InChI is InChI=1S/C30H37N3O5S/c1-6-23(3)31-30(35)24(4)32(20-25-11-10-14-27(19-25)38-5)29(34)21-33(26-12-8-7-9-13-26)39(36,37)28-17-15-22(2)16-18-28/h7-19,23-24H,6,20-21H2,1-5H3,(H,31,35)/t23-,24-/m0/s1. The summed E-state index contributed by atoms with van der Waals surface area (Å²) in [5, 5.41) is 2.93. The molecule has 8 nitrogen and oxygen atoms in total. The number of benzene rings is 3. The highest BCUT2D eigenvalue weighted by molar-refractivity contribution is 7.92. The minimum atomic E-state index is -4.09. The van der Waals surface area contributed by atoms with E-state index in [-0.39, 0.29) is 23.4 Å². The smallest absolute Gasteiger partial charge is 0.264 e. The maximum Gasteiger partial charge on any atom is 0.264 e. The predicted molar refractivity (Wildman–Crippen MR) is 153 cm³/mol. The Hall–Kier alpha value is -3.85. The van der Waals surface area contributed by atoms with Crippen molar-refractivity contribution in [2.45, 2.75) is 57.6 Å². The molecule has 0 unspecified atom stereocenters. The van der Waals surface area contributed by atoms with Crippen LogP contribution in [0.15, 0.2) is 83.8 Å². The van der Waals surface area contributed by atoms with Gasteiger partial charge in [0.05, 0.1) is 17.7 Å². The zero-order chi connectivity index (χ0) is 28.6. The molecule has 3 aromatic carbocycles. The first-order valence-electron chi connectivity index (χ1n) is 12.9. The number of methoxy groups -OCH3 is 1. The summed E-state index contributed by atoms with van der Waals surface area (Å²) in [6.07, 6.45) is 0.735. The lowest BCUT2D eigenvalue weighted by Crippen LogP contribution is -2.52. The highest BCUT2D eigenvalue weighted by Gasteiger charge is 2.32. The Kier molecular flexibility index (Phi) is 10.1. The van der Waals surface area contributed by atoms with Crippen molar-refractivity contribution in [2.75, 3.05) is 18.0 Å². The number of rotatable bonds is 12. The van der Waals surface area contributed by atoms with E-state index in [0.29, 0.717) is 11.4 Å². The van der Waals surface area contributed by atoms with Crippen LogP contribution in [0.1, 0.15) is 38.3 Å². The van der Waals surface area contributed by atoms with Crippen molar-refractivity contribution < 1.29 is 22.7 Å². The minimum absolute atomic E-state index is 0.0727. The molecular formula is C30H37N3O5S. The molecule has 3 rings (SSSR count). The minimum Gasteiger partial charge on any atom is -0.497 e.